The van der Waals surface area contributed by atoms with Crippen LogP contribution >= 0.6 is 0 Å². The van der Waals surface area contributed by atoms with E-state index in [1.54, 1.807) is 30.3 Å². The molecule has 0 saturated heterocycles. The SMILES string of the molecule is COC(=O)c1ccc(CCNC(=O)/C=C/c2cc(OC)c(OC)c(OC)c2)cc1. The Balaban J connectivity index is 1.92. The van der Waals surface area contributed by atoms with Crippen LogP contribution in [0.4, 0.5) is 0 Å². The topological polar surface area (TPSA) is 83.1 Å². The number of amides is 1. The Kier molecular flexibility index (Phi) is 8.09. The molecule has 7 heteroatoms. The highest BCUT2D eigenvalue weighted by atomic mass is 16.5. The molecule has 2 aromatic carbocycles. The van der Waals surface area contributed by atoms with Crippen LogP contribution in [-0.2, 0) is 16.0 Å². The van der Waals surface area contributed by atoms with Gasteiger partial charge in [0.1, 0.15) is 0 Å². The maximum Gasteiger partial charge on any atom is 0.337 e. The highest BCUT2D eigenvalue weighted by molar-refractivity contribution is 5.92. The molecule has 0 bridgehead atoms. The molecule has 0 aromatic heterocycles. The van der Waals surface area contributed by atoms with Gasteiger partial charge in [-0.25, -0.2) is 4.79 Å². The van der Waals surface area contributed by atoms with Gasteiger partial charge in [-0.3, -0.25) is 4.79 Å². The summed E-state index contributed by atoms with van der Waals surface area (Å²) in [6.45, 7) is 0.468. The Hall–Kier alpha value is -3.48. The highest BCUT2D eigenvalue weighted by Crippen LogP contribution is 2.38. The van der Waals surface area contributed by atoms with Crippen molar-refractivity contribution in [3.8, 4) is 17.2 Å². The lowest BCUT2D eigenvalue weighted by molar-refractivity contribution is -0.116. The predicted octanol–water partition coefficient (Wildman–Crippen LogP) is 2.87. The fourth-order valence-electron chi connectivity index (χ4n) is 2.68. The first kappa shape index (κ1) is 21.8. The second kappa shape index (κ2) is 10.8. The largest absolute Gasteiger partial charge is 0.493 e. The molecule has 154 valence electrons. The van der Waals surface area contributed by atoms with Crippen LogP contribution in [0.1, 0.15) is 21.5 Å². The standard InChI is InChI=1S/C22H25NO6/c1-26-18-13-16(14-19(27-2)21(18)28-3)7-10-20(24)23-12-11-15-5-8-17(9-6-15)22(25)29-4/h5-10,13-14H,11-12H2,1-4H3,(H,23,24)/b10-7+. The molecule has 0 spiro atoms. The molecule has 7 nitrogen and oxygen atoms in total. The second-order valence-electron chi connectivity index (χ2n) is 6.02. The van der Waals surface area contributed by atoms with Crippen LogP contribution in [0.3, 0.4) is 0 Å². The van der Waals surface area contributed by atoms with Gasteiger partial charge in [-0.15, -0.1) is 0 Å². The first-order chi connectivity index (χ1) is 14.0. The zero-order valence-electron chi connectivity index (χ0n) is 17.0. The van der Waals surface area contributed by atoms with E-state index in [9.17, 15) is 9.59 Å². The van der Waals surface area contributed by atoms with Gasteiger partial charge in [0.05, 0.1) is 34.0 Å². The smallest absolute Gasteiger partial charge is 0.337 e. The molecule has 0 heterocycles. The van der Waals surface area contributed by atoms with E-state index in [1.807, 2.05) is 12.1 Å². The Morgan fingerprint density at radius 2 is 1.55 bits per heavy atom. The van der Waals surface area contributed by atoms with Gasteiger partial charge in [0.2, 0.25) is 11.7 Å². The number of hydrogen-bond donors (Lipinski definition) is 1. The lowest BCUT2D eigenvalue weighted by atomic mass is 10.1. The number of rotatable bonds is 9. The Morgan fingerprint density at radius 1 is 0.931 bits per heavy atom. The van der Waals surface area contributed by atoms with Crippen molar-refractivity contribution < 1.29 is 28.5 Å². The van der Waals surface area contributed by atoms with Crippen molar-refractivity contribution in [1.29, 1.82) is 0 Å². The fraction of sp³-hybridized carbons (Fsp3) is 0.273. The van der Waals surface area contributed by atoms with Crippen molar-refractivity contribution in [3.63, 3.8) is 0 Å². The summed E-state index contributed by atoms with van der Waals surface area (Å²) >= 11 is 0. The highest BCUT2D eigenvalue weighted by Gasteiger charge is 2.12. The zero-order chi connectivity index (χ0) is 21.2. The number of carbonyl (C=O) groups is 2. The minimum Gasteiger partial charge on any atom is -0.493 e. The summed E-state index contributed by atoms with van der Waals surface area (Å²) in [5, 5.41) is 2.83. The van der Waals surface area contributed by atoms with Gasteiger partial charge in [0.25, 0.3) is 0 Å². The minimum absolute atomic E-state index is 0.218. The van der Waals surface area contributed by atoms with E-state index in [4.69, 9.17) is 14.2 Å². The normalized spacial score (nSPS) is 10.5. The second-order valence-corrected chi connectivity index (χ2v) is 6.02. The summed E-state index contributed by atoms with van der Waals surface area (Å²) in [6.07, 6.45) is 3.76. The van der Waals surface area contributed by atoms with E-state index in [1.165, 1.54) is 34.5 Å². The summed E-state index contributed by atoms with van der Waals surface area (Å²) < 4.78 is 20.6. The third kappa shape index (κ3) is 6.00. The molecule has 1 amide bonds. The number of ether oxygens (including phenoxy) is 4. The molecule has 0 aliphatic carbocycles. The number of esters is 1. The average molecular weight is 399 g/mol. The third-order valence-corrected chi connectivity index (χ3v) is 4.20. The fourth-order valence-corrected chi connectivity index (χ4v) is 2.68. The number of benzene rings is 2. The van der Waals surface area contributed by atoms with Crippen molar-refractivity contribution in [1.82, 2.24) is 5.32 Å². The number of hydrogen-bond acceptors (Lipinski definition) is 6. The van der Waals surface area contributed by atoms with Gasteiger partial charge < -0.3 is 24.3 Å². The maximum atomic E-state index is 12.1. The molecule has 2 rings (SSSR count). The molecule has 1 N–H and O–H groups in total. The van der Waals surface area contributed by atoms with Gasteiger partial charge in [-0.1, -0.05) is 12.1 Å². The van der Waals surface area contributed by atoms with Crippen molar-refractivity contribution in [3.05, 3.63) is 59.2 Å². The van der Waals surface area contributed by atoms with Crippen LogP contribution in [-0.4, -0.2) is 46.9 Å². The van der Waals surface area contributed by atoms with Crippen molar-refractivity contribution in [2.24, 2.45) is 0 Å². The van der Waals surface area contributed by atoms with Gasteiger partial charge in [0.15, 0.2) is 11.5 Å². The van der Waals surface area contributed by atoms with Gasteiger partial charge in [-0.2, -0.15) is 0 Å². The number of nitrogens with one attached hydrogen (secondary N) is 1. The number of carbonyl (C=O) groups excluding carboxylic acids is 2. The summed E-state index contributed by atoms with van der Waals surface area (Å²) in [4.78, 5) is 23.5. The first-order valence-corrected chi connectivity index (χ1v) is 8.95. The van der Waals surface area contributed by atoms with Gasteiger partial charge in [0, 0.05) is 12.6 Å². The Labute approximate surface area is 170 Å². The van der Waals surface area contributed by atoms with Crippen LogP contribution in [0.25, 0.3) is 6.08 Å². The summed E-state index contributed by atoms with van der Waals surface area (Å²) in [5.41, 5.74) is 2.24. The summed E-state index contributed by atoms with van der Waals surface area (Å²) in [6, 6.07) is 10.6. The van der Waals surface area contributed by atoms with E-state index in [0.717, 1.165) is 11.1 Å². The molecule has 0 saturated carbocycles. The lowest BCUT2D eigenvalue weighted by Crippen LogP contribution is -2.23. The molecular weight excluding hydrogens is 374 g/mol. The molecule has 29 heavy (non-hydrogen) atoms. The third-order valence-electron chi connectivity index (χ3n) is 4.20. The summed E-state index contributed by atoms with van der Waals surface area (Å²) in [5.74, 6) is 0.936. The van der Waals surface area contributed by atoms with Crippen molar-refractivity contribution in [2.75, 3.05) is 35.0 Å². The summed E-state index contributed by atoms with van der Waals surface area (Å²) in [7, 11) is 5.95. The average Bonchev–Trinajstić information content (AvgIpc) is 2.76. The van der Waals surface area contributed by atoms with Crippen LogP contribution in [0.15, 0.2) is 42.5 Å². The van der Waals surface area contributed by atoms with Crippen LogP contribution in [0, 0.1) is 0 Å². The van der Waals surface area contributed by atoms with E-state index in [2.05, 4.69) is 10.1 Å². The quantitative estimate of drug-likeness (QED) is 0.516. The van der Waals surface area contributed by atoms with E-state index in [0.29, 0.717) is 35.8 Å². The van der Waals surface area contributed by atoms with Crippen molar-refractivity contribution >= 4 is 18.0 Å². The molecule has 0 aliphatic rings. The Morgan fingerprint density at radius 3 is 2.07 bits per heavy atom. The van der Waals surface area contributed by atoms with Crippen LogP contribution < -0.4 is 19.5 Å². The van der Waals surface area contributed by atoms with Gasteiger partial charge >= 0.3 is 5.97 Å². The molecule has 0 aliphatic heterocycles. The first-order valence-electron chi connectivity index (χ1n) is 8.95. The van der Waals surface area contributed by atoms with Crippen LogP contribution in [0.5, 0.6) is 17.2 Å². The van der Waals surface area contributed by atoms with Crippen LogP contribution in [0.2, 0.25) is 0 Å². The minimum atomic E-state index is -0.373. The molecule has 0 unspecified atom stereocenters. The Bertz CT molecular complexity index is 848. The maximum absolute atomic E-state index is 12.1. The molecule has 0 atom stereocenters. The van der Waals surface area contributed by atoms with E-state index >= 15 is 0 Å². The zero-order valence-corrected chi connectivity index (χ0v) is 17.0. The lowest BCUT2D eigenvalue weighted by Gasteiger charge is -2.12. The van der Waals surface area contributed by atoms with E-state index in [-0.39, 0.29) is 11.9 Å². The molecule has 0 fully saturated rings. The predicted molar refractivity (Wildman–Crippen MR) is 110 cm³/mol. The van der Waals surface area contributed by atoms with E-state index < -0.39 is 0 Å². The monoisotopic (exact) mass is 399 g/mol. The molecule has 2 aromatic rings. The molecule has 0 radical (unpaired) electrons. The van der Waals surface area contributed by atoms with Crippen molar-refractivity contribution in [2.45, 2.75) is 6.42 Å². The molecular formula is C22H25NO6. The van der Waals surface area contributed by atoms with Gasteiger partial charge in [-0.05, 0) is 47.9 Å². The number of methoxy groups -OCH3 is 4.